The first kappa shape index (κ1) is 25.5. The van der Waals surface area contributed by atoms with Crippen LogP contribution in [0.2, 0.25) is 0 Å². The monoisotopic (exact) mass is 462 g/mol. The first-order valence-corrected chi connectivity index (χ1v) is 12.5. The number of nitrogens with one attached hydrogen (secondary N) is 1. The molecule has 0 saturated heterocycles. The standard InChI is InChI=1S/C24H34N2O5S/c1-24(2,3)21-9-6-7-10-22(21)31-18-16-25-23(27)11-8-17-26(32(5,28)29)19-12-14-20(30-4)15-13-19/h6-7,9-10,12-15H,8,11,16-18H2,1-5H3,(H,25,27). The summed E-state index contributed by atoms with van der Waals surface area (Å²) in [5.74, 6) is 1.33. The normalized spacial score (nSPS) is 11.7. The molecule has 2 rings (SSSR count). The number of para-hydroxylation sites is 1. The van der Waals surface area contributed by atoms with Gasteiger partial charge in [-0.05, 0) is 47.7 Å². The molecule has 0 bridgehead atoms. The maximum absolute atomic E-state index is 12.2. The molecule has 2 aromatic carbocycles. The van der Waals surface area contributed by atoms with Crippen LogP contribution in [0.5, 0.6) is 11.5 Å². The highest BCUT2D eigenvalue weighted by Gasteiger charge is 2.19. The van der Waals surface area contributed by atoms with E-state index >= 15 is 0 Å². The molecule has 8 heteroatoms. The highest BCUT2D eigenvalue weighted by Crippen LogP contribution is 2.30. The fourth-order valence-electron chi connectivity index (χ4n) is 3.27. The van der Waals surface area contributed by atoms with Crippen LogP contribution in [0.25, 0.3) is 0 Å². The van der Waals surface area contributed by atoms with E-state index in [1.807, 2.05) is 24.3 Å². The largest absolute Gasteiger partial charge is 0.497 e. The van der Waals surface area contributed by atoms with Gasteiger partial charge in [0, 0.05) is 13.0 Å². The quantitative estimate of drug-likeness (QED) is 0.514. The number of methoxy groups -OCH3 is 1. The van der Waals surface area contributed by atoms with Crippen molar-refractivity contribution in [3.63, 3.8) is 0 Å². The summed E-state index contributed by atoms with van der Waals surface area (Å²) in [7, 11) is -1.91. The van der Waals surface area contributed by atoms with Crippen LogP contribution in [0, 0.1) is 0 Å². The van der Waals surface area contributed by atoms with E-state index in [1.165, 1.54) is 4.31 Å². The lowest BCUT2D eigenvalue weighted by molar-refractivity contribution is -0.121. The van der Waals surface area contributed by atoms with E-state index in [0.717, 1.165) is 17.6 Å². The predicted octanol–water partition coefficient (Wildman–Crippen LogP) is 3.73. The number of carbonyl (C=O) groups is 1. The second kappa shape index (κ2) is 11.2. The summed E-state index contributed by atoms with van der Waals surface area (Å²) in [6.45, 7) is 7.34. The minimum atomic E-state index is -3.46. The van der Waals surface area contributed by atoms with Crippen LogP contribution in [-0.4, -0.2) is 47.4 Å². The van der Waals surface area contributed by atoms with Crippen LogP contribution in [0.1, 0.15) is 39.2 Å². The Morgan fingerprint density at radius 3 is 2.31 bits per heavy atom. The van der Waals surface area contributed by atoms with Crippen molar-refractivity contribution in [2.75, 3.05) is 37.4 Å². The predicted molar refractivity (Wildman–Crippen MR) is 128 cm³/mol. The zero-order valence-electron chi connectivity index (χ0n) is 19.6. The van der Waals surface area contributed by atoms with Gasteiger partial charge in [-0.1, -0.05) is 39.0 Å². The second-order valence-electron chi connectivity index (χ2n) is 8.58. The summed E-state index contributed by atoms with van der Waals surface area (Å²) in [6.07, 6.45) is 1.78. The van der Waals surface area contributed by atoms with Crippen molar-refractivity contribution in [1.82, 2.24) is 5.32 Å². The van der Waals surface area contributed by atoms with E-state index in [1.54, 1.807) is 31.4 Å². The summed E-state index contributed by atoms with van der Waals surface area (Å²) < 4.78 is 36.6. The molecule has 0 aliphatic heterocycles. The molecule has 1 amide bonds. The summed E-state index contributed by atoms with van der Waals surface area (Å²) >= 11 is 0. The average molecular weight is 463 g/mol. The number of hydrogen-bond acceptors (Lipinski definition) is 5. The van der Waals surface area contributed by atoms with E-state index in [9.17, 15) is 13.2 Å². The van der Waals surface area contributed by atoms with Gasteiger partial charge in [0.25, 0.3) is 0 Å². The number of carbonyl (C=O) groups excluding carboxylic acids is 1. The van der Waals surface area contributed by atoms with Gasteiger partial charge in [0.2, 0.25) is 15.9 Å². The van der Waals surface area contributed by atoms with Gasteiger partial charge in [-0.25, -0.2) is 8.42 Å². The lowest BCUT2D eigenvalue weighted by Gasteiger charge is -2.23. The van der Waals surface area contributed by atoms with Crippen molar-refractivity contribution in [3.05, 3.63) is 54.1 Å². The molecule has 7 nitrogen and oxygen atoms in total. The van der Waals surface area contributed by atoms with Gasteiger partial charge in [0.15, 0.2) is 0 Å². The first-order chi connectivity index (χ1) is 15.0. The fourth-order valence-corrected chi connectivity index (χ4v) is 4.24. The third kappa shape index (κ3) is 7.75. The third-order valence-corrected chi connectivity index (χ3v) is 6.10. The molecule has 1 N–H and O–H groups in total. The number of benzene rings is 2. The molecular formula is C24H34N2O5S. The van der Waals surface area contributed by atoms with Gasteiger partial charge in [-0.2, -0.15) is 0 Å². The van der Waals surface area contributed by atoms with Crippen molar-refractivity contribution < 1.29 is 22.7 Å². The zero-order chi connectivity index (χ0) is 23.8. The van der Waals surface area contributed by atoms with Crippen molar-refractivity contribution >= 4 is 21.6 Å². The van der Waals surface area contributed by atoms with E-state index < -0.39 is 10.0 Å². The number of hydrogen-bond donors (Lipinski definition) is 1. The number of amides is 1. The van der Waals surface area contributed by atoms with Gasteiger partial charge in [-0.15, -0.1) is 0 Å². The Morgan fingerprint density at radius 1 is 1.06 bits per heavy atom. The topological polar surface area (TPSA) is 84.9 Å². The average Bonchev–Trinajstić information content (AvgIpc) is 2.73. The number of rotatable bonds is 11. The highest BCUT2D eigenvalue weighted by molar-refractivity contribution is 7.92. The van der Waals surface area contributed by atoms with Crippen molar-refractivity contribution in [3.8, 4) is 11.5 Å². The summed E-state index contributed by atoms with van der Waals surface area (Å²) in [5.41, 5.74) is 1.63. The minimum absolute atomic E-state index is 0.0325. The molecule has 0 spiro atoms. The number of nitrogens with zero attached hydrogens (tertiary/aromatic N) is 1. The molecule has 0 atom stereocenters. The lowest BCUT2D eigenvalue weighted by atomic mass is 9.86. The Balaban J connectivity index is 1.80. The SMILES string of the molecule is COc1ccc(N(CCCC(=O)NCCOc2ccccc2C(C)(C)C)S(C)(=O)=O)cc1. The lowest BCUT2D eigenvalue weighted by Crippen LogP contribution is -2.33. The number of sulfonamides is 1. The molecule has 0 heterocycles. The van der Waals surface area contributed by atoms with E-state index in [4.69, 9.17) is 9.47 Å². The smallest absolute Gasteiger partial charge is 0.232 e. The Morgan fingerprint density at radius 2 is 1.72 bits per heavy atom. The van der Waals surface area contributed by atoms with Gasteiger partial charge in [-0.3, -0.25) is 9.10 Å². The van der Waals surface area contributed by atoms with Crippen LogP contribution < -0.4 is 19.1 Å². The molecule has 0 aromatic heterocycles. The van der Waals surface area contributed by atoms with Crippen LogP contribution in [-0.2, 0) is 20.2 Å². The van der Waals surface area contributed by atoms with Crippen molar-refractivity contribution in [1.29, 1.82) is 0 Å². The molecular weight excluding hydrogens is 428 g/mol. The van der Waals surface area contributed by atoms with Crippen LogP contribution >= 0.6 is 0 Å². The maximum atomic E-state index is 12.2. The Labute approximate surface area is 191 Å². The fraction of sp³-hybridized carbons (Fsp3) is 0.458. The van der Waals surface area contributed by atoms with Crippen LogP contribution in [0.15, 0.2) is 48.5 Å². The van der Waals surface area contributed by atoms with E-state index in [2.05, 4.69) is 26.1 Å². The van der Waals surface area contributed by atoms with Crippen molar-refractivity contribution in [2.24, 2.45) is 0 Å². The molecule has 176 valence electrons. The molecule has 0 saturated carbocycles. The molecule has 0 fully saturated rings. The highest BCUT2D eigenvalue weighted by atomic mass is 32.2. The van der Waals surface area contributed by atoms with Crippen LogP contribution in [0.4, 0.5) is 5.69 Å². The molecule has 0 unspecified atom stereocenters. The molecule has 0 radical (unpaired) electrons. The van der Waals surface area contributed by atoms with Gasteiger partial charge in [0.05, 0.1) is 25.6 Å². The Bertz CT molecular complexity index is 982. The van der Waals surface area contributed by atoms with Crippen molar-refractivity contribution in [2.45, 2.75) is 39.0 Å². The Hall–Kier alpha value is -2.74. The molecule has 32 heavy (non-hydrogen) atoms. The maximum Gasteiger partial charge on any atom is 0.232 e. The molecule has 0 aliphatic rings. The van der Waals surface area contributed by atoms with Crippen LogP contribution in [0.3, 0.4) is 0 Å². The van der Waals surface area contributed by atoms with E-state index in [0.29, 0.717) is 31.0 Å². The van der Waals surface area contributed by atoms with Gasteiger partial charge in [0.1, 0.15) is 18.1 Å². The van der Waals surface area contributed by atoms with Gasteiger partial charge < -0.3 is 14.8 Å². The Kier molecular flexibility index (Phi) is 8.95. The second-order valence-corrected chi connectivity index (χ2v) is 10.5. The third-order valence-electron chi connectivity index (χ3n) is 4.90. The van der Waals surface area contributed by atoms with Gasteiger partial charge >= 0.3 is 0 Å². The molecule has 2 aromatic rings. The first-order valence-electron chi connectivity index (χ1n) is 10.6. The summed E-state index contributed by atoms with van der Waals surface area (Å²) in [4.78, 5) is 12.2. The zero-order valence-corrected chi connectivity index (χ0v) is 20.4. The summed E-state index contributed by atoms with van der Waals surface area (Å²) in [6, 6.07) is 14.7. The number of ether oxygens (including phenoxy) is 2. The minimum Gasteiger partial charge on any atom is -0.497 e. The summed E-state index contributed by atoms with van der Waals surface area (Å²) in [5, 5.41) is 2.83. The van der Waals surface area contributed by atoms with E-state index in [-0.39, 0.29) is 24.3 Å². The molecule has 0 aliphatic carbocycles. The number of anilines is 1.